The van der Waals surface area contributed by atoms with E-state index in [2.05, 4.69) is 10.6 Å². The van der Waals surface area contributed by atoms with Gasteiger partial charge in [0.1, 0.15) is 12.1 Å². The van der Waals surface area contributed by atoms with Crippen molar-refractivity contribution in [1.82, 2.24) is 15.5 Å². The van der Waals surface area contributed by atoms with Crippen LogP contribution in [0.1, 0.15) is 79.1 Å². The lowest BCUT2D eigenvalue weighted by Gasteiger charge is -2.38. The molecule has 2 aliphatic carbocycles. The van der Waals surface area contributed by atoms with Crippen molar-refractivity contribution in [1.29, 1.82) is 0 Å². The summed E-state index contributed by atoms with van der Waals surface area (Å²) in [5, 5.41) is 5.84. The Kier molecular flexibility index (Phi) is 5.57. The topological polar surface area (TPSA) is 122 Å². The molecule has 4 amide bonds. The van der Waals surface area contributed by atoms with Crippen molar-refractivity contribution in [2.75, 3.05) is 6.54 Å². The molecule has 2 saturated carbocycles. The lowest BCUT2D eigenvalue weighted by Crippen LogP contribution is -2.54. The van der Waals surface area contributed by atoms with Crippen molar-refractivity contribution in [3.8, 4) is 0 Å². The van der Waals surface area contributed by atoms with Crippen LogP contribution in [-0.2, 0) is 19.2 Å². The third kappa shape index (κ3) is 4.25. The van der Waals surface area contributed by atoms with Gasteiger partial charge < -0.3 is 21.3 Å². The van der Waals surface area contributed by atoms with Gasteiger partial charge in [-0.05, 0) is 55.8 Å². The van der Waals surface area contributed by atoms with Crippen LogP contribution in [0.4, 0.5) is 0 Å². The normalized spacial score (nSPS) is 29.4. The van der Waals surface area contributed by atoms with Crippen molar-refractivity contribution in [2.24, 2.45) is 28.4 Å². The SMILES string of the molecule is C[C@H](C(=O)N1CC2(CCC2)CC1C(=O)N[C@@H](C[C@@H]1CC2(CC2)NC1=O)C(N)=O)C(C)(C)C. The van der Waals surface area contributed by atoms with E-state index in [1.54, 1.807) is 4.90 Å². The van der Waals surface area contributed by atoms with Crippen LogP contribution < -0.4 is 16.4 Å². The third-order valence-corrected chi connectivity index (χ3v) is 8.61. The van der Waals surface area contributed by atoms with E-state index in [-0.39, 0.29) is 52.3 Å². The summed E-state index contributed by atoms with van der Waals surface area (Å²) in [4.78, 5) is 53.0. The van der Waals surface area contributed by atoms with Crippen LogP contribution in [0.2, 0.25) is 0 Å². The molecule has 0 aromatic carbocycles. The lowest BCUT2D eigenvalue weighted by atomic mass is 9.67. The molecular formula is C24H38N4O4. The lowest BCUT2D eigenvalue weighted by molar-refractivity contribution is -0.144. The van der Waals surface area contributed by atoms with Crippen LogP contribution in [0.3, 0.4) is 0 Å². The van der Waals surface area contributed by atoms with Gasteiger partial charge in [-0.1, -0.05) is 34.1 Å². The molecule has 0 bridgehead atoms. The zero-order valence-corrected chi connectivity index (χ0v) is 19.8. The first kappa shape index (κ1) is 23.1. The number of nitrogens with one attached hydrogen (secondary N) is 2. The van der Waals surface area contributed by atoms with Gasteiger partial charge in [-0.2, -0.15) is 0 Å². The second kappa shape index (κ2) is 7.73. The number of primary amides is 1. The number of amides is 4. The summed E-state index contributed by atoms with van der Waals surface area (Å²) in [5.41, 5.74) is 5.32. The first-order chi connectivity index (χ1) is 14.8. The molecule has 4 atom stereocenters. The van der Waals surface area contributed by atoms with Crippen LogP contribution in [0.15, 0.2) is 0 Å². The van der Waals surface area contributed by atoms with Crippen LogP contribution in [-0.4, -0.2) is 52.7 Å². The molecule has 2 saturated heterocycles. The van der Waals surface area contributed by atoms with Crippen molar-refractivity contribution < 1.29 is 19.2 Å². The molecule has 32 heavy (non-hydrogen) atoms. The number of hydrogen-bond acceptors (Lipinski definition) is 4. The molecule has 2 aliphatic heterocycles. The Morgan fingerprint density at radius 2 is 1.84 bits per heavy atom. The van der Waals surface area contributed by atoms with Gasteiger partial charge in [0.15, 0.2) is 0 Å². The van der Waals surface area contributed by atoms with Gasteiger partial charge in [0.05, 0.1) is 0 Å². The largest absolute Gasteiger partial charge is 0.368 e. The molecule has 178 valence electrons. The average Bonchev–Trinajstić information content (AvgIpc) is 3.17. The predicted molar refractivity (Wildman–Crippen MR) is 119 cm³/mol. The minimum Gasteiger partial charge on any atom is -0.368 e. The fraction of sp³-hybridized carbons (Fsp3) is 0.833. The van der Waals surface area contributed by atoms with Crippen molar-refractivity contribution in [3.63, 3.8) is 0 Å². The maximum atomic E-state index is 13.4. The average molecular weight is 447 g/mol. The number of nitrogens with zero attached hydrogens (tertiary/aromatic N) is 1. The summed E-state index contributed by atoms with van der Waals surface area (Å²) in [7, 11) is 0. The molecule has 8 heteroatoms. The highest BCUT2D eigenvalue weighted by Gasteiger charge is 2.54. The zero-order valence-electron chi connectivity index (χ0n) is 19.8. The third-order valence-electron chi connectivity index (χ3n) is 8.61. The molecule has 4 rings (SSSR count). The van der Waals surface area contributed by atoms with Crippen LogP contribution >= 0.6 is 0 Å². The van der Waals surface area contributed by atoms with Gasteiger partial charge in [0, 0.05) is 23.9 Å². The summed E-state index contributed by atoms with van der Waals surface area (Å²) in [6.07, 6.45) is 6.62. The van der Waals surface area contributed by atoms with E-state index in [4.69, 9.17) is 5.73 Å². The Balaban J connectivity index is 1.46. The molecule has 0 radical (unpaired) electrons. The van der Waals surface area contributed by atoms with Gasteiger partial charge in [-0.15, -0.1) is 0 Å². The maximum Gasteiger partial charge on any atom is 0.243 e. The molecule has 4 aliphatic rings. The van der Waals surface area contributed by atoms with E-state index in [0.29, 0.717) is 19.4 Å². The number of carbonyl (C=O) groups is 4. The molecule has 0 aromatic rings. The van der Waals surface area contributed by atoms with Crippen LogP contribution in [0.25, 0.3) is 0 Å². The molecule has 0 aromatic heterocycles. The summed E-state index contributed by atoms with van der Waals surface area (Å²) >= 11 is 0. The Bertz CT molecular complexity index is 824. The van der Waals surface area contributed by atoms with E-state index in [9.17, 15) is 19.2 Å². The van der Waals surface area contributed by atoms with Gasteiger partial charge in [-0.25, -0.2) is 0 Å². The van der Waals surface area contributed by atoms with E-state index >= 15 is 0 Å². The molecule has 4 fully saturated rings. The van der Waals surface area contributed by atoms with E-state index in [0.717, 1.165) is 32.1 Å². The number of rotatable bonds is 6. The van der Waals surface area contributed by atoms with E-state index < -0.39 is 18.0 Å². The van der Waals surface area contributed by atoms with E-state index in [1.165, 1.54) is 0 Å². The van der Waals surface area contributed by atoms with Gasteiger partial charge >= 0.3 is 0 Å². The number of carbonyl (C=O) groups excluding carboxylic acids is 4. The molecule has 1 unspecified atom stereocenters. The molecule has 2 spiro atoms. The Morgan fingerprint density at radius 1 is 1.19 bits per heavy atom. The smallest absolute Gasteiger partial charge is 0.243 e. The predicted octanol–water partition coefficient (Wildman–Crippen LogP) is 1.47. The van der Waals surface area contributed by atoms with E-state index in [1.807, 2.05) is 27.7 Å². The number of hydrogen-bond donors (Lipinski definition) is 3. The standard InChI is InChI=1S/C24H38N4O4/c1-14(22(2,3)4)21(32)28-13-23(6-5-7-23)12-17(28)20(31)26-16(18(25)29)10-15-11-24(8-9-24)27-19(15)30/h14-17H,5-13H2,1-4H3,(H2,25,29)(H,26,31)(H,27,30)/t14-,15-,16+,17?/m1/s1. The Morgan fingerprint density at radius 3 is 2.31 bits per heavy atom. The highest BCUT2D eigenvalue weighted by Crippen LogP contribution is 2.51. The maximum absolute atomic E-state index is 13.4. The minimum absolute atomic E-state index is 0.0112. The summed E-state index contributed by atoms with van der Waals surface area (Å²) in [6, 6.07) is -1.51. The molecular weight excluding hydrogens is 408 g/mol. The van der Waals surface area contributed by atoms with Gasteiger partial charge in [0.25, 0.3) is 0 Å². The summed E-state index contributed by atoms with van der Waals surface area (Å²) in [5.74, 6) is -1.59. The molecule has 4 N–H and O–H groups in total. The summed E-state index contributed by atoms with van der Waals surface area (Å²) < 4.78 is 0. The molecule has 8 nitrogen and oxygen atoms in total. The zero-order chi connectivity index (χ0) is 23.5. The van der Waals surface area contributed by atoms with Crippen LogP contribution in [0, 0.1) is 22.7 Å². The fourth-order valence-electron chi connectivity index (χ4n) is 5.63. The first-order valence-corrected chi connectivity index (χ1v) is 12.1. The Hall–Kier alpha value is -2.12. The fourth-order valence-corrected chi connectivity index (χ4v) is 5.63. The van der Waals surface area contributed by atoms with Crippen LogP contribution in [0.5, 0.6) is 0 Å². The van der Waals surface area contributed by atoms with Crippen molar-refractivity contribution in [3.05, 3.63) is 0 Å². The second-order valence-corrected chi connectivity index (χ2v) is 12.0. The second-order valence-electron chi connectivity index (χ2n) is 12.0. The van der Waals surface area contributed by atoms with Crippen molar-refractivity contribution in [2.45, 2.75) is 96.7 Å². The van der Waals surface area contributed by atoms with Gasteiger partial charge in [-0.3, -0.25) is 19.2 Å². The highest BCUT2D eigenvalue weighted by molar-refractivity contribution is 5.93. The highest BCUT2D eigenvalue weighted by atomic mass is 16.2. The first-order valence-electron chi connectivity index (χ1n) is 12.1. The quantitative estimate of drug-likeness (QED) is 0.572. The van der Waals surface area contributed by atoms with Gasteiger partial charge in [0.2, 0.25) is 23.6 Å². The monoisotopic (exact) mass is 446 g/mol. The number of nitrogens with two attached hydrogens (primary N) is 1. The molecule has 2 heterocycles. The Labute approximate surface area is 190 Å². The summed E-state index contributed by atoms with van der Waals surface area (Å²) in [6.45, 7) is 8.60. The minimum atomic E-state index is -0.915. The number of likely N-dealkylation sites (tertiary alicyclic amines) is 1. The van der Waals surface area contributed by atoms with Crippen molar-refractivity contribution >= 4 is 23.6 Å².